The van der Waals surface area contributed by atoms with Crippen LogP contribution in [-0.2, 0) is 4.79 Å². The molecule has 2 aromatic rings. The highest BCUT2D eigenvalue weighted by atomic mass is 16.6. The van der Waals surface area contributed by atoms with Crippen LogP contribution in [0.4, 0.5) is 11.4 Å². The molecular formula is C16H17N3O3. The molecule has 0 spiro atoms. The Balaban J connectivity index is 1.88. The Morgan fingerprint density at radius 1 is 1.18 bits per heavy atom. The van der Waals surface area contributed by atoms with E-state index in [4.69, 9.17) is 0 Å². The molecule has 2 rings (SSSR count). The molecule has 0 aliphatic heterocycles. The molecule has 0 fully saturated rings. The molecule has 0 radical (unpaired) electrons. The van der Waals surface area contributed by atoms with Crippen LogP contribution in [-0.4, -0.2) is 17.4 Å². The Morgan fingerprint density at radius 2 is 1.91 bits per heavy atom. The van der Waals surface area contributed by atoms with Gasteiger partial charge >= 0.3 is 0 Å². The lowest BCUT2D eigenvalue weighted by atomic mass is 10.1. The first kappa shape index (κ1) is 15.5. The fourth-order valence-electron chi connectivity index (χ4n) is 2.03. The topological polar surface area (TPSA) is 84.3 Å². The third-order valence-corrected chi connectivity index (χ3v) is 3.19. The van der Waals surface area contributed by atoms with E-state index in [2.05, 4.69) is 10.6 Å². The summed E-state index contributed by atoms with van der Waals surface area (Å²) in [5.74, 6) is -0.178. The summed E-state index contributed by atoms with van der Waals surface area (Å²) in [5.41, 5.74) is 1.55. The number of hydrogen-bond donors (Lipinski definition) is 2. The van der Waals surface area contributed by atoms with E-state index in [1.807, 2.05) is 37.3 Å². The van der Waals surface area contributed by atoms with Crippen LogP contribution in [0.5, 0.6) is 0 Å². The zero-order valence-electron chi connectivity index (χ0n) is 12.2. The van der Waals surface area contributed by atoms with E-state index < -0.39 is 4.92 Å². The van der Waals surface area contributed by atoms with Crippen molar-refractivity contribution in [2.45, 2.75) is 13.0 Å². The van der Waals surface area contributed by atoms with E-state index in [9.17, 15) is 14.9 Å². The van der Waals surface area contributed by atoms with Crippen molar-refractivity contribution in [3.8, 4) is 0 Å². The van der Waals surface area contributed by atoms with Crippen molar-refractivity contribution >= 4 is 17.3 Å². The molecule has 1 atom stereocenters. The van der Waals surface area contributed by atoms with Crippen LogP contribution in [0.3, 0.4) is 0 Å². The zero-order valence-corrected chi connectivity index (χ0v) is 12.2. The Bertz CT molecular complexity index is 659. The lowest BCUT2D eigenvalue weighted by Crippen LogP contribution is -2.32. The van der Waals surface area contributed by atoms with Crippen LogP contribution >= 0.6 is 0 Å². The fraction of sp³-hybridized carbons (Fsp3) is 0.188. The second-order valence-electron chi connectivity index (χ2n) is 4.86. The average Bonchev–Trinajstić information content (AvgIpc) is 2.54. The van der Waals surface area contributed by atoms with Gasteiger partial charge in [0.2, 0.25) is 5.91 Å². The smallest absolute Gasteiger partial charge is 0.271 e. The molecule has 6 nitrogen and oxygen atoms in total. The maximum atomic E-state index is 11.9. The monoisotopic (exact) mass is 299 g/mol. The quantitative estimate of drug-likeness (QED) is 0.634. The first-order valence-electron chi connectivity index (χ1n) is 6.89. The van der Waals surface area contributed by atoms with Crippen LogP contribution < -0.4 is 10.6 Å². The minimum Gasteiger partial charge on any atom is -0.376 e. The summed E-state index contributed by atoms with van der Waals surface area (Å²) in [6.07, 6.45) is 0. The summed E-state index contributed by atoms with van der Waals surface area (Å²) >= 11 is 0. The highest BCUT2D eigenvalue weighted by Crippen LogP contribution is 2.16. The molecule has 1 amide bonds. The minimum atomic E-state index is -0.470. The molecule has 0 bridgehead atoms. The Morgan fingerprint density at radius 3 is 2.59 bits per heavy atom. The van der Waals surface area contributed by atoms with E-state index in [1.165, 1.54) is 12.1 Å². The van der Waals surface area contributed by atoms with Crippen LogP contribution in [0.1, 0.15) is 18.5 Å². The molecule has 22 heavy (non-hydrogen) atoms. The maximum absolute atomic E-state index is 11.9. The molecule has 114 valence electrons. The number of benzene rings is 2. The van der Waals surface area contributed by atoms with Crippen molar-refractivity contribution in [2.24, 2.45) is 0 Å². The summed E-state index contributed by atoms with van der Waals surface area (Å²) in [7, 11) is 0. The summed E-state index contributed by atoms with van der Waals surface area (Å²) in [6.45, 7) is 1.96. The summed E-state index contributed by atoms with van der Waals surface area (Å²) in [6, 6.07) is 15.6. The van der Waals surface area contributed by atoms with Crippen molar-refractivity contribution in [1.82, 2.24) is 5.32 Å². The predicted molar refractivity (Wildman–Crippen MR) is 84.6 cm³/mol. The molecule has 6 heteroatoms. The van der Waals surface area contributed by atoms with Crippen LogP contribution in [0.15, 0.2) is 54.6 Å². The van der Waals surface area contributed by atoms with Crippen molar-refractivity contribution in [3.63, 3.8) is 0 Å². The first-order valence-corrected chi connectivity index (χ1v) is 6.89. The van der Waals surface area contributed by atoms with Crippen LogP contribution in [0.25, 0.3) is 0 Å². The molecule has 0 heterocycles. The number of nitrogens with zero attached hydrogens (tertiary/aromatic N) is 1. The zero-order chi connectivity index (χ0) is 15.9. The van der Waals surface area contributed by atoms with Gasteiger partial charge in [0.05, 0.1) is 17.5 Å². The highest BCUT2D eigenvalue weighted by molar-refractivity contribution is 5.81. The van der Waals surface area contributed by atoms with Gasteiger partial charge in [-0.2, -0.15) is 0 Å². The van der Waals surface area contributed by atoms with Gasteiger partial charge in [-0.15, -0.1) is 0 Å². The van der Waals surface area contributed by atoms with E-state index in [0.717, 1.165) is 5.56 Å². The number of anilines is 1. The minimum absolute atomic E-state index is 0.0111. The molecule has 2 N–H and O–H groups in total. The number of non-ortho nitro benzene ring substituents is 1. The molecule has 2 aromatic carbocycles. The second kappa shape index (κ2) is 7.21. The SMILES string of the molecule is CC(NC(=O)CNc1cccc([N+](=O)[O-])c1)c1ccccc1. The van der Waals surface area contributed by atoms with Gasteiger partial charge in [-0.1, -0.05) is 36.4 Å². The first-order chi connectivity index (χ1) is 10.6. The van der Waals surface area contributed by atoms with Crippen molar-refractivity contribution < 1.29 is 9.72 Å². The molecule has 0 aromatic heterocycles. The molecule has 0 aliphatic rings. The maximum Gasteiger partial charge on any atom is 0.271 e. The van der Waals surface area contributed by atoms with Gasteiger partial charge in [0, 0.05) is 17.8 Å². The molecule has 0 saturated heterocycles. The third-order valence-electron chi connectivity index (χ3n) is 3.19. The van der Waals surface area contributed by atoms with Gasteiger partial charge in [0.1, 0.15) is 0 Å². The second-order valence-corrected chi connectivity index (χ2v) is 4.86. The Hall–Kier alpha value is -2.89. The Labute approximate surface area is 128 Å². The summed E-state index contributed by atoms with van der Waals surface area (Å²) in [5, 5.41) is 16.4. The summed E-state index contributed by atoms with van der Waals surface area (Å²) < 4.78 is 0. The van der Waals surface area contributed by atoms with E-state index in [1.54, 1.807) is 12.1 Å². The fourth-order valence-corrected chi connectivity index (χ4v) is 2.03. The number of hydrogen-bond acceptors (Lipinski definition) is 4. The average molecular weight is 299 g/mol. The van der Waals surface area contributed by atoms with E-state index in [0.29, 0.717) is 5.69 Å². The highest BCUT2D eigenvalue weighted by Gasteiger charge is 2.10. The Kier molecular flexibility index (Phi) is 5.08. The van der Waals surface area contributed by atoms with Crippen molar-refractivity contribution in [1.29, 1.82) is 0 Å². The number of amides is 1. The molecule has 1 unspecified atom stereocenters. The van der Waals surface area contributed by atoms with Gasteiger partial charge in [-0.05, 0) is 18.6 Å². The standard InChI is InChI=1S/C16H17N3O3/c1-12(13-6-3-2-4-7-13)18-16(20)11-17-14-8-5-9-15(10-14)19(21)22/h2-10,12,17H,11H2,1H3,(H,18,20). The summed E-state index contributed by atoms with van der Waals surface area (Å²) in [4.78, 5) is 22.1. The van der Waals surface area contributed by atoms with E-state index >= 15 is 0 Å². The number of nitrogens with one attached hydrogen (secondary N) is 2. The van der Waals surface area contributed by atoms with Gasteiger partial charge in [0.25, 0.3) is 5.69 Å². The van der Waals surface area contributed by atoms with Crippen molar-refractivity contribution in [3.05, 3.63) is 70.3 Å². The largest absolute Gasteiger partial charge is 0.376 e. The van der Waals surface area contributed by atoms with Gasteiger partial charge < -0.3 is 10.6 Å². The number of rotatable bonds is 6. The van der Waals surface area contributed by atoms with Gasteiger partial charge in [-0.25, -0.2) is 0 Å². The number of carbonyl (C=O) groups excluding carboxylic acids is 1. The van der Waals surface area contributed by atoms with Gasteiger partial charge in [-0.3, -0.25) is 14.9 Å². The third kappa shape index (κ3) is 4.31. The normalized spacial score (nSPS) is 11.5. The molecular weight excluding hydrogens is 282 g/mol. The molecule has 0 saturated carbocycles. The number of nitro groups is 1. The van der Waals surface area contributed by atoms with Gasteiger partial charge in [0.15, 0.2) is 0 Å². The predicted octanol–water partition coefficient (Wildman–Crippen LogP) is 2.88. The van der Waals surface area contributed by atoms with Crippen molar-refractivity contribution in [2.75, 3.05) is 11.9 Å². The number of carbonyl (C=O) groups is 1. The van der Waals surface area contributed by atoms with Crippen LogP contribution in [0.2, 0.25) is 0 Å². The van der Waals surface area contributed by atoms with E-state index in [-0.39, 0.29) is 24.2 Å². The lowest BCUT2D eigenvalue weighted by molar-refractivity contribution is -0.384. The molecule has 0 aliphatic carbocycles. The lowest BCUT2D eigenvalue weighted by Gasteiger charge is -2.14. The van der Waals surface area contributed by atoms with Crippen LogP contribution in [0, 0.1) is 10.1 Å². The number of nitro benzene ring substituents is 1.